The topological polar surface area (TPSA) is 62.2 Å². The molecule has 0 aliphatic heterocycles. The molecule has 1 heterocycles. The van der Waals surface area contributed by atoms with E-state index in [0.29, 0.717) is 11.7 Å². The minimum absolute atomic E-state index is 0.476. The van der Waals surface area contributed by atoms with Gasteiger partial charge in [0.2, 0.25) is 0 Å². The van der Waals surface area contributed by atoms with Crippen molar-refractivity contribution in [3.8, 4) is 0 Å². The Morgan fingerprint density at radius 3 is 2.89 bits per heavy atom. The first-order valence-corrected chi connectivity index (χ1v) is 8.59. The maximum absolute atomic E-state index is 11.2. The summed E-state index contributed by atoms with van der Waals surface area (Å²) in [5, 5.41) is 16.1. The zero-order valence-electron chi connectivity index (χ0n) is 11.5. The lowest BCUT2D eigenvalue weighted by Gasteiger charge is -2.16. The molecule has 0 amide bonds. The van der Waals surface area contributed by atoms with Gasteiger partial charge in [-0.2, -0.15) is 11.8 Å². The summed E-state index contributed by atoms with van der Waals surface area (Å²) in [5.74, 6) is -0.840. The minimum atomic E-state index is -0.923. The van der Waals surface area contributed by atoms with Gasteiger partial charge >= 0.3 is 5.97 Å². The lowest BCUT2D eigenvalue weighted by molar-refractivity contribution is -0.142. The number of carboxylic acids is 1. The molecule has 6 heteroatoms. The summed E-state index contributed by atoms with van der Waals surface area (Å²) in [4.78, 5) is 15.6. The Hall–Kier alpha value is -0.750. The molecule has 1 fully saturated rings. The number of hydrogen-bond donors (Lipinski definition) is 2. The molecule has 0 saturated heterocycles. The van der Waals surface area contributed by atoms with Crippen molar-refractivity contribution in [2.24, 2.45) is 0 Å². The fourth-order valence-corrected chi connectivity index (χ4v) is 3.95. The molecule has 0 spiro atoms. The third-order valence-electron chi connectivity index (χ3n) is 3.72. The molecular weight excluding hydrogens is 280 g/mol. The van der Waals surface area contributed by atoms with Crippen LogP contribution in [0.2, 0.25) is 0 Å². The average molecular weight is 300 g/mol. The first kappa shape index (κ1) is 14.7. The highest BCUT2D eigenvalue weighted by atomic mass is 32.2. The number of thiazole rings is 1. The van der Waals surface area contributed by atoms with Gasteiger partial charge in [0.15, 0.2) is 5.13 Å². The van der Waals surface area contributed by atoms with Gasteiger partial charge in [0, 0.05) is 16.7 Å². The Kier molecular flexibility index (Phi) is 4.40. The van der Waals surface area contributed by atoms with E-state index in [0.717, 1.165) is 10.4 Å². The van der Waals surface area contributed by atoms with E-state index < -0.39 is 11.4 Å². The number of hydrogen-bond acceptors (Lipinski definition) is 5. The Balaban J connectivity index is 2.00. The summed E-state index contributed by atoms with van der Waals surface area (Å²) >= 11 is 3.42. The van der Waals surface area contributed by atoms with E-state index in [4.69, 9.17) is 0 Å². The number of rotatable bonds is 5. The van der Waals surface area contributed by atoms with E-state index in [-0.39, 0.29) is 0 Å². The summed E-state index contributed by atoms with van der Waals surface area (Å²) in [6.07, 6.45) is 5.74. The van der Waals surface area contributed by atoms with Gasteiger partial charge in [-0.3, -0.25) is 4.79 Å². The Labute approximate surface area is 122 Å². The van der Waals surface area contributed by atoms with Gasteiger partial charge in [-0.15, -0.1) is 11.3 Å². The van der Waals surface area contributed by atoms with Crippen molar-refractivity contribution in [3.05, 3.63) is 11.1 Å². The normalized spacial score (nSPS) is 23.5. The molecule has 0 radical (unpaired) electrons. The smallest absolute Gasteiger partial charge is 0.315 e. The third kappa shape index (κ3) is 3.23. The average Bonchev–Trinajstić information content (AvgIpc) is 2.98. The number of nitrogens with zero attached hydrogens (tertiary/aromatic N) is 1. The lowest BCUT2D eigenvalue weighted by atomic mass is 9.90. The van der Waals surface area contributed by atoms with Crippen LogP contribution in [0.15, 0.2) is 5.38 Å². The quantitative estimate of drug-likeness (QED) is 0.874. The van der Waals surface area contributed by atoms with Gasteiger partial charge in [-0.05, 0) is 39.4 Å². The largest absolute Gasteiger partial charge is 0.481 e. The predicted molar refractivity (Wildman–Crippen MR) is 81.3 cm³/mol. The van der Waals surface area contributed by atoms with Gasteiger partial charge in [-0.1, -0.05) is 0 Å². The van der Waals surface area contributed by atoms with Crippen LogP contribution in [0.4, 0.5) is 5.13 Å². The first-order chi connectivity index (χ1) is 8.93. The van der Waals surface area contributed by atoms with Gasteiger partial charge in [-0.25, -0.2) is 4.98 Å². The van der Waals surface area contributed by atoms with Crippen LogP contribution >= 0.6 is 23.1 Å². The van der Waals surface area contributed by atoms with Crippen LogP contribution in [0.3, 0.4) is 0 Å². The summed E-state index contributed by atoms with van der Waals surface area (Å²) in [6, 6.07) is 0.476. The molecule has 106 valence electrons. The number of aliphatic carboxylic acids is 1. The molecule has 1 aromatic rings. The van der Waals surface area contributed by atoms with Crippen LogP contribution in [-0.2, 0) is 10.2 Å². The predicted octanol–water partition coefficient (Wildman–Crippen LogP) is 3.20. The van der Waals surface area contributed by atoms with Crippen molar-refractivity contribution >= 4 is 34.2 Å². The van der Waals surface area contributed by atoms with Gasteiger partial charge in [0.25, 0.3) is 0 Å². The summed E-state index contributed by atoms with van der Waals surface area (Å²) in [6.45, 7) is 3.38. The highest BCUT2D eigenvalue weighted by Crippen LogP contribution is 2.32. The Bertz CT molecular complexity index is 459. The Morgan fingerprint density at radius 2 is 2.32 bits per heavy atom. The number of carboxylic acid groups (broad SMARTS) is 1. The minimum Gasteiger partial charge on any atom is -0.481 e. The van der Waals surface area contributed by atoms with Gasteiger partial charge in [0.05, 0.1) is 5.69 Å². The monoisotopic (exact) mass is 300 g/mol. The van der Waals surface area contributed by atoms with Crippen LogP contribution < -0.4 is 5.32 Å². The summed E-state index contributed by atoms with van der Waals surface area (Å²) < 4.78 is 0. The van der Waals surface area contributed by atoms with Crippen LogP contribution in [0, 0.1) is 0 Å². The molecule has 19 heavy (non-hydrogen) atoms. The maximum atomic E-state index is 11.2. The molecule has 2 unspecified atom stereocenters. The van der Waals surface area contributed by atoms with Crippen molar-refractivity contribution in [1.29, 1.82) is 0 Å². The molecule has 1 aromatic heterocycles. The van der Waals surface area contributed by atoms with Crippen molar-refractivity contribution in [3.63, 3.8) is 0 Å². The lowest BCUT2D eigenvalue weighted by Crippen LogP contribution is -2.29. The first-order valence-electron chi connectivity index (χ1n) is 6.42. The number of aromatic nitrogens is 1. The van der Waals surface area contributed by atoms with E-state index in [9.17, 15) is 9.90 Å². The van der Waals surface area contributed by atoms with Gasteiger partial charge in [0.1, 0.15) is 5.41 Å². The number of anilines is 1. The molecule has 1 aliphatic rings. The molecule has 0 bridgehead atoms. The molecule has 4 nitrogen and oxygen atoms in total. The molecule has 1 saturated carbocycles. The molecular formula is C13H20N2O2S2. The number of carbonyl (C=O) groups is 1. The van der Waals surface area contributed by atoms with Crippen molar-refractivity contribution in [1.82, 2.24) is 4.98 Å². The summed E-state index contributed by atoms with van der Waals surface area (Å²) in [5.41, 5.74) is -0.291. The SMILES string of the molecule is CSC1CCC(Nc2nc(C(C)(C)C(=O)O)cs2)C1. The fourth-order valence-electron chi connectivity index (χ4n) is 2.20. The highest BCUT2D eigenvalue weighted by molar-refractivity contribution is 7.99. The standard InChI is InChI=1S/C13H20N2O2S2/c1-13(2,11(16)17)10-7-19-12(15-10)14-8-4-5-9(6-8)18-3/h7-9H,4-6H2,1-3H3,(H,14,15)(H,16,17). The number of thioether (sulfide) groups is 1. The van der Waals surface area contributed by atoms with Crippen LogP contribution in [0.5, 0.6) is 0 Å². The zero-order valence-corrected chi connectivity index (χ0v) is 13.1. The Morgan fingerprint density at radius 1 is 1.58 bits per heavy atom. The van der Waals surface area contributed by atoms with Crippen LogP contribution in [-0.4, -0.2) is 33.6 Å². The number of nitrogens with one attached hydrogen (secondary N) is 1. The van der Waals surface area contributed by atoms with Crippen molar-refractivity contribution in [2.75, 3.05) is 11.6 Å². The summed E-state index contributed by atoms with van der Waals surface area (Å²) in [7, 11) is 0. The fraction of sp³-hybridized carbons (Fsp3) is 0.692. The van der Waals surface area contributed by atoms with Crippen molar-refractivity contribution in [2.45, 2.75) is 49.8 Å². The molecule has 2 N–H and O–H groups in total. The molecule has 2 rings (SSSR count). The van der Waals surface area contributed by atoms with E-state index in [1.807, 2.05) is 17.1 Å². The molecule has 1 aliphatic carbocycles. The second-order valence-electron chi connectivity index (χ2n) is 5.48. The van der Waals surface area contributed by atoms with Crippen molar-refractivity contribution < 1.29 is 9.90 Å². The van der Waals surface area contributed by atoms with E-state index in [1.165, 1.54) is 30.6 Å². The highest BCUT2D eigenvalue weighted by Gasteiger charge is 2.32. The van der Waals surface area contributed by atoms with E-state index >= 15 is 0 Å². The zero-order chi connectivity index (χ0) is 14.0. The van der Waals surface area contributed by atoms with E-state index in [1.54, 1.807) is 13.8 Å². The second kappa shape index (κ2) is 5.71. The van der Waals surface area contributed by atoms with E-state index in [2.05, 4.69) is 16.6 Å². The van der Waals surface area contributed by atoms with Crippen LogP contribution in [0.1, 0.15) is 38.8 Å². The second-order valence-corrected chi connectivity index (χ2v) is 7.48. The van der Waals surface area contributed by atoms with Crippen LogP contribution in [0.25, 0.3) is 0 Å². The molecule has 2 atom stereocenters. The molecule has 0 aromatic carbocycles. The maximum Gasteiger partial charge on any atom is 0.315 e. The third-order valence-corrected chi connectivity index (χ3v) is 5.59. The van der Waals surface area contributed by atoms with Gasteiger partial charge < -0.3 is 10.4 Å².